The van der Waals surface area contributed by atoms with Gasteiger partial charge in [-0.2, -0.15) is 0 Å². The molecule has 2 aliphatic carbocycles. The molecule has 0 radical (unpaired) electrons. The lowest BCUT2D eigenvalue weighted by Crippen LogP contribution is -2.14. The van der Waals surface area contributed by atoms with Gasteiger partial charge in [-0.1, -0.05) is 31.4 Å². The lowest BCUT2D eigenvalue weighted by molar-refractivity contribution is 0.404. The van der Waals surface area contributed by atoms with Crippen LogP contribution in [0.3, 0.4) is 0 Å². The topological polar surface area (TPSA) is 25.8 Å². The van der Waals surface area contributed by atoms with Crippen LogP contribution in [0.15, 0.2) is 0 Å². The van der Waals surface area contributed by atoms with Crippen molar-refractivity contribution in [2.24, 2.45) is 11.8 Å². The van der Waals surface area contributed by atoms with E-state index < -0.39 is 0 Å². The zero-order chi connectivity index (χ0) is 12.7. The minimum atomic E-state index is 0.578. The van der Waals surface area contributed by atoms with Crippen LogP contribution >= 0.6 is 34.2 Å². The monoisotopic (exact) mass is 376 g/mol. The lowest BCUT2D eigenvalue weighted by Gasteiger charge is -2.21. The normalized spacial score (nSPS) is 30.1. The highest BCUT2D eigenvalue weighted by molar-refractivity contribution is 14.1. The average molecular weight is 377 g/mol. The molecule has 0 saturated heterocycles. The average Bonchev–Trinajstić information content (AvgIpc) is 2.97. The van der Waals surface area contributed by atoms with Crippen LogP contribution in [0.2, 0.25) is 5.15 Å². The van der Waals surface area contributed by atoms with E-state index in [0.29, 0.717) is 11.1 Å². The van der Waals surface area contributed by atoms with Crippen LogP contribution in [0.4, 0.5) is 0 Å². The molecule has 0 spiro atoms. The molecule has 3 atom stereocenters. The van der Waals surface area contributed by atoms with Crippen LogP contribution in [0.25, 0.3) is 0 Å². The first-order valence-corrected chi connectivity index (χ1v) is 8.36. The van der Waals surface area contributed by atoms with Crippen molar-refractivity contribution in [2.45, 2.75) is 51.4 Å². The molecule has 3 rings (SSSR count). The van der Waals surface area contributed by atoms with E-state index in [2.05, 4.69) is 34.5 Å². The fourth-order valence-corrected chi connectivity index (χ4v) is 4.32. The first-order chi connectivity index (χ1) is 8.69. The molecule has 4 heteroatoms. The Kier molecular flexibility index (Phi) is 3.81. The van der Waals surface area contributed by atoms with Gasteiger partial charge in [0.25, 0.3) is 0 Å². The molecule has 18 heavy (non-hydrogen) atoms. The molecule has 2 bridgehead atoms. The third kappa shape index (κ3) is 2.28. The largest absolute Gasteiger partial charge is 0.236 e. The predicted octanol–water partition coefficient (Wildman–Crippen LogP) is 4.59. The summed E-state index contributed by atoms with van der Waals surface area (Å²) in [6, 6.07) is 0. The SMILES string of the molecule is CCCc1nc(C2CC3CCC2C3)nc(Cl)c1I. The van der Waals surface area contributed by atoms with Crippen molar-refractivity contribution in [1.82, 2.24) is 9.97 Å². The van der Waals surface area contributed by atoms with E-state index in [1.165, 1.54) is 25.7 Å². The van der Waals surface area contributed by atoms with Crippen LogP contribution in [-0.4, -0.2) is 9.97 Å². The van der Waals surface area contributed by atoms with Gasteiger partial charge in [0.05, 0.1) is 9.26 Å². The van der Waals surface area contributed by atoms with Crippen molar-refractivity contribution in [3.8, 4) is 0 Å². The Labute approximate surface area is 127 Å². The summed E-state index contributed by atoms with van der Waals surface area (Å²) in [5.41, 5.74) is 1.15. The predicted molar refractivity (Wildman–Crippen MR) is 81.9 cm³/mol. The molecule has 2 aliphatic rings. The highest BCUT2D eigenvalue weighted by Gasteiger charge is 2.41. The number of rotatable bonds is 3. The minimum absolute atomic E-state index is 0.578. The van der Waals surface area contributed by atoms with Gasteiger partial charge in [0.15, 0.2) is 0 Å². The summed E-state index contributed by atoms with van der Waals surface area (Å²) in [6.45, 7) is 2.18. The minimum Gasteiger partial charge on any atom is -0.236 e. The van der Waals surface area contributed by atoms with Crippen LogP contribution < -0.4 is 0 Å². The van der Waals surface area contributed by atoms with Gasteiger partial charge in [-0.15, -0.1) is 0 Å². The lowest BCUT2D eigenvalue weighted by atomic mass is 9.88. The molecule has 1 aromatic heterocycles. The van der Waals surface area contributed by atoms with Crippen molar-refractivity contribution in [1.29, 1.82) is 0 Å². The number of halogens is 2. The second-order valence-corrected chi connectivity index (χ2v) is 7.10. The summed E-state index contributed by atoms with van der Waals surface area (Å²) >= 11 is 8.55. The Morgan fingerprint density at radius 3 is 2.72 bits per heavy atom. The first-order valence-electron chi connectivity index (χ1n) is 6.90. The zero-order valence-corrected chi connectivity index (χ0v) is 13.5. The Morgan fingerprint density at radius 2 is 2.11 bits per heavy atom. The Bertz CT molecular complexity index is 463. The summed E-state index contributed by atoms with van der Waals surface area (Å²) in [5, 5.41) is 0.659. The molecule has 98 valence electrons. The van der Waals surface area contributed by atoms with Gasteiger partial charge in [0.2, 0.25) is 0 Å². The third-order valence-corrected chi connectivity index (χ3v) is 6.18. The molecule has 0 aromatic carbocycles. The number of hydrogen-bond donors (Lipinski definition) is 0. The van der Waals surface area contributed by atoms with E-state index in [-0.39, 0.29) is 0 Å². The Morgan fingerprint density at radius 1 is 1.28 bits per heavy atom. The second-order valence-electron chi connectivity index (χ2n) is 5.66. The van der Waals surface area contributed by atoms with Crippen LogP contribution in [-0.2, 0) is 6.42 Å². The van der Waals surface area contributed by atoms with Crippen LogP contribution in [0.5, 0.6) is 0 Å². The summed E-state index contributed by atoms with van der Waals surface area (Å²) in [6.07, 6.45) is 7.58. The first kappa shape index (κ1) is 13.1. The summed E-state index contributed by atoms with van der Waals surface area (Å²) in [4.78, 5) is 9.38. The van der Waals surface area contributed by atoms with Crippen molar-refractivity contribution in [2.75, 3.05) is 0 Å². The summed E-state index contributed by atoms with van der Waals surface area (Å²) < 4.78 is 1.04. The van der Waals surface area contributed by atoms with Gasteiger partial charge in [0, 0.05) is 5.92 Å². The molecular formula is C14H18ClIN2. The van der Waals surface area contributed by atoms with E-state index in [1.54, 1.807) is 0 Å². The van der Waals surface area contributed by atoms with E-state index in [0.717, 1.165) is 39.8 Å². The molecule has 2 saturated carbocycles. The van der Waals surface area contributed by atoms with E-state index >= 15 is 0 Å². The Balaban J connectivity index is 1.92. The van der Waals surface area contributed by atoms with Gasteiger partial charge in [-0.05, 0) is 60.1 Å². The molecule has 1 heterocycles. The van der Waals surface area contributed by atoms with Gasteiger partial charge >= 0.3 is 0 Å². The fraction of sp³-hybridized carbons (Fsp3) is 0.714. The van der Waals surface area contributed by atoms with Crippen LogP contribution in [0.1, 0.15) is 56.5 Å². The number of nitrogens with zero attached hydrogens (tertiary/aromatic N) is 2. The zero-order valence-electron chi connectivity index (χ0n) is 10.6. The molecule has 0 amide bonds. The van der Waals surface area contributed by atoms with Crippen molar-refractivity contribution in [3.05, 3.63) is 20.2 Å². The quantitative estimate of drug-likeness (QED) is 0.569. The highest BCUT2D eigenvalue weighted by Crippen LogP contribution is 2.52. The highest BCUT2D eigenvalue weighted by atomic mass is 127. The smallest absolute Gasteiger partial charge is 0.146 e. The molecule has 0 aliphatic heterocycles. The number of hydrogen-bond acceptors (Lipinski definition) is 2. The number of aromatic nitrogens is 2. The molecule has 3 unspecified atom stereocenters. The molecule has 2 fully saturated rings. The molecular weight excluding hydrogens is 359 g/mol. The standard InChI is InChI=1S/C14H18ClIN2/c1-2-3-11-12(16)13(15)18-14(17-11)10-7-8-4-5-9(10)6-8/h8-10H,2-7H2,1H3. The summed E-state index contributed by atoms with van der Waals surface area (Å²) in [7, 11) is 0. The van der Waals surface area contributed by atoms with Gasteiger partial charge in [-0.25, -0.2) is 9.97 Å². The summed E-state index contributed by atoms with van der Waals surface area (Å²) in [5.74, 6) is 3.35. The van der Waals surface area contributed by atoms with Crippen molar-refractivity contribution in [3.63, 3.8) is 0 Å². The van der Waals surface area contributed by atoms with E-state index in [9.17, 15) is 0 Å². The third-order valence-electron chi connectivity index (χ3n) is 4.45. The molecule has 1 aromatic rings. The maximum absolute atomic E-state index is 6.28. The van der Waals surface area contributed by atoms with Gasteiger partial charge in [0.1, 0.15) is 11.0 Å². The van der Waals surface area contributed by atoms with Gasteiger partial charge < -0.3 is 0 Å². The van der Waals surface area contributed by atoms with Crippen LogP contribution in [0, 0.1) is 15.4 Å². The van der Waals surface area contributed by atoms with Crippen molar-refractivity contribution >= 4 is 34.2 Å². The number of aryl methyl sites for hydroxylation is 1. The fourth-order valence-electron chi connectivity index (χ4n) is 3.61. The molecule has 0 N–H and O–H groups in total. The number of fused-ring (bicyclic) bond motifs is 2. The maximum atomic E-state index is 6.28. The van der Waals surface area contributed by atoms with Crippen molar-refractivity contribution < 1.29 is 0 Å². The van der Waals surface area contributed by atoms with E-state index in [4.69, 9.17) is 16.6 Å². The second kappa shape index (κ2) is 5.23. The molecule has 2 nitrogen and oxygen atoms in total. The maximum Gasteiger partial charge on any atom is 0.146 e. The van der Waals surface area contributed by atoms with E-state index in [1.807, 2.05) is 0 Å². The van der Waals surface area contributed by atoms with Gasteiger partial charge in [-0.3, -0.25) is 0 Å². The Hall–Kier alpha value is 0.100.